The van der Waals surface area contributed by atoms with Crippen LogP contribution >= 0.6 is 0 Å². The van der Waals surface area contributed by atoms with Gasteiger partial charge in [0, 0.05) is 12.4 Å². The molecule has 0 fully saturated rings. The first-order valence-corrected chi connectivity index (χ1v) is 6.21. The topological polar surface area (TPSA) is 80.9 Å². The molecule has 0 bridgehead atoms. The van der Waals surface area contributed by atoms with Gasteiger partial charge in [0.15, 0.2) is 0 Å². The molecule has 0 aliphatic rings. The Bertz CT molecular complexity index is 830. The molecule has 0 aliphatic heterocycles. The first-order valence-electron chi connectivity index (χ1n) is 6.21. The molecule has 0 aliphatic carbocycles. The van der Waals surface area contributed by atoms with Gasteiger partial charge >= 0.3 is 0 Å². The fourth-order valence-electron chi connectivity index (χ4n) is 2.00. The number of para-hydroxylation sites is 1. The Morgan fingerprint density at radius 3 is 2.81 bits per heavy atom. The number of anilines is 2. The molecule has 2 aromatic carbocycles. The molecule has 104 valence electrons. The molecule has 0 unspecified atom stereocenters. The van der Waals surface area contributed by atoms with Gasteiger partial charge in [-0.15, -0.1) is 0 Å². The highest BCUT2D eigenvalue weighted by atomic mass is 19.1. The summed E-state index contributed by atoms with van der Waals surface area (Å²) in [4.78, 5) is 20.6. The van der Waals surface area contributed by atoms with Gasteiger partial charge in [-0.3, -0.25) is 14.8 Å². The number of nitrogen functional groups attached to an aromatic ring is 1. The minimum Gasteiger partial charge on any atom is -0.397 e. The Morgan fingerprint density at radius 2 is 1.95 bits per heavy atom. The molecule has 0 saturated heterocycles. The Kier molecular flexibility index (Phi) is 3.19. The van der Waals surface area contributed by atoms with Gasteiger partial charge in [0.1, 0.15) is 11.3 Å². The normalized spacial score (nSPS) is 10.5. The fourth-order valence-corrected chi connectivity index (χ4v) is 2.00. The predicted octanol–water partition coefficient (Wildman–Crippen LogP) is 2.60. The van der Waals surface area contributed by atoms with Gasteiger partial charge in [-0.1, -0.05) is 6.07 Å². The number of nitrogens with one attached hydrogen (secondary N) is 1. The largest absolute Gasteiger partial charge is 0.397 e. The lowest BCUT2D eigenvalue weighted by Crippen LogP contribution is -2.14. The number of amides is 1. The summed E-state index contributed by atoms with van der Waals surface area (Å²) in [6.45, 7) is 0. The number of carbonyl (C=O) groups excluding carboxylic acids is 1. The van der Waals surface area contributed by atoms with Crippen molar-refractivity contribution in [2.24, 2.45) is 0 Å². The minimum atomic E-state index is -0.475. The highest BCUT2D eigenvalue weighted by Crippen LogP contribution is 2.21. The van der Waals surface area contributed by atoms with Crippen LogP contribution in [0, 0.1) is 5.82 Å². The van der Waals surface area contributed by atoms with E-state index in [1.807, 2.05) is 0 Å². The van der Waals surface area contributed by atoms with Gasteiger partial charge in [-0.05, 0) is 30.3 Å². The van der Waals surface area contributed by atoms with Crippen molar-refractivity contribution in [1.82, 2.24) is 9.97 Å². The molecule has 5 nitrogen and oxygen atoms in total. The summed E-state index contributed by atoms with van der Waals surface area (Å²) in [6.07, 6.45) is 3.06. The number of fused-ring (bicyclic) bond motifs is 1. The molecular formula is C15H11FN4O. The van der Waals surface area contributed by atoms with Crippen molar-refractivity contribution < 1.29 is 9.18 Å². The predicted molar refractivity (Wildman–Crippen MR) is 78.3 cm³/mol. The summed E-state index contributed by atoms with van der Waals surface area (Å²) in [5.41, 5.74) is 7.67. The van der Waals surface area contributed by atoms with Crippen molar-refractivity contribution >= 4 is 28.3 Å². The Labute approximate surface area is 119 Å². The van der Waals surface area contributed by atoms with E-state index in [0.29, 0.717) is 16.6 Å². The van der Waals surface area contributed by atoms with Gasteiger partial charge in [0.2, 0.25) is 0 Å². The summed E-state index contributed by atoms with van der Waals surface area (Å²) < 4.78 is 13.2. The number of benzene rings is 2. The molecule has 0 spiro atoms. The number of hydrogen-bond donors (Lipinski definition) is 2. The molecular weight excluding hydrogens is 271 g/mol. The molecule has 0 atom stereocenters. The van der Waals surface area contributed by atoms with Gasteiger partial charge in [0.25, 0.3) is 5.91 Å². The van der Waals surface area contributed by atoms with Crippen LogP contribution in [0.3, 0.4) is 0 Å². The Morgan fingerprint density at radius 1 is 1.14 bits per heavy atom. The second kappa shape index (κ2) is 5.16. The fraction of sp³-hybridized carbons (Fsp3) is 0. The van der Waals surface area contributed by atoms with Crippen LogP contribution in [-0.4, -0.2) is 15.9 Å². The van der Waals surface area contributed by atoms with Crippen LogP contribution in [0.15, 0.2) is 48.8 Å². The second-order valence-corrected chi connectivity index (χ2v) is 4.42. The summed E-state index contributed by atoms with van der Waals surface area (Å²) in [6, 6.07) is 8.89. The smallest absolute Gasteiger partial charge is 0.257 e. The third kappa shape index (κ3) is 2.51. The standard InChI is InChI=1S/C15H11FN4O/c16-9-4-5-11(17)13(8-9)20-15(21)10-2-1-3-12-14(10)19-7-6-18-12/h1-8H,17H2,(H,20,21). The zero-order valence-electron chi connectivity index (χ0n) is 10.9. The zero-order chi connectivity index (χ0) is 14.8. The maximum Gasteiger partial charge on any atom is 0.257 e. The number of hydrogen-bond acceptors (Lipinski definition) is 4. The van der Waals surface area contributed by atoms with Gasteiger partial charge in [-0.2, -0.15) is 0 Å². The number of nitrogens with zero attached hydrogens (tertiary/aromatic N) is 2. The van der Waals surface area contributed by atoms with Crippen molar-refractivity contribution in [3.63, 3.8) is 0 Å². The molecule has 1 amide bonds. The molecule has 0 radical (unpaired) electrons. The molecule has 1 aromatic heterocycles. The van der Waals surface area contributed by atoms with E-state index in [4.69, 9.17) is 5.73 Å². The average molecular weight is 282 g/mol. The van der Waals surface area contributed by atoms with Crippen LogP contribution in [0.2, 0.25) is 0 Å². The monoisotopic (exact) mass is 282 g/mol. The quantitative estimate of drug-likeness (QED) is 0.708. The molecule has 3 rings (SSSR count). The van der Waals surface area contributed by atoms with E-state index >= 15 is 0 Å². The summed E-state index contributed by atoms with van der Waals surface area (Å²) in [5.74, 6) is -0.893. The first-order chi connectivity index (χ1) is 10.1. The van der Waals surface area contributed by atoms with E-state index in [2.05, 4.69) is 15.3 Å². The summed E-state index contributed by atoms with van der Waals surface area (Å²) >= 11 is 0. The first kappa shape index (κ1) is 13.0. The number of carbonyl (C=O) groups is 1. The Balaban J connectivity index is 1.99. The maximum absolute atomic E-state index is 13.2. The molecule has 1 heterocycles. The molecule has 21 heavy (non-hydrogen) atoms. The minimum absolute atomic E-state index is 0.223. The zero-order valence-corrected chi connectivity index (χ0v) is 10.9. The van der Waals surface area contributed by atoms with Crippen LogP contribution in [0.1, 0.15) is 10.4 Å². The lowest BCUT2D eigenvalue weighted by Gasteiger charge is -2.09. The van der Waals surface area contributed by atoms with E-state index in [1.165, 1.54) is 24.4 Å². The van der Waals surface area contributed by atoms with E-state index in [-0.39, 0.29) is 11.4 Å². The van der Waals surface area contributed by atoms with E-state index in [0.717, 1.165) is 0 Å². The SMILES string of the molecule is Nc1ccc(F)cc1NC(=O)c1cccc2nccnc12. The number of aromatic nitrogens is 2. The molecule has 3 aromatic rings. The lowest BCUT2D eigenvalue weighted by molar-refractivity contribution is 0.102. The van der Waals surface area contributed by atoms with Crippen LogP contribution in [0.5, 0.6) is 0 Å². The van der Waals surface area contributed by atoms with Gasteiger partial charge < -0.3 is 11.1 Å². The summed E-state index contributed by atoms with van der Waals surface area (Å²) in [5, 5.41) is 2.59. The lowest BCUT2D eigenvalue weighted by atomic mass is 10.1. The number of nitrogens with two attached hydrogens (primary N) is 1. The highest BCUT2D eigenvalue weighted by molar-refractivity contribution is 6.12. The van der Waals surface area contributed by atoms with Crippen LogP contribution < -0.4 is 11.1 Å². The second-order valence-electron chi connectivity index (χ2n) is 4.42. The van der Waals surface area contributed by atoms with Gasteiger partial charge in [-0.25, -0.2) is 4.39 Å². The molecule has 0 saturated carbocycles. The average Bonchev–Trinajstić information content (AvgIpc) is 2.50. The maximum atomic E-state index is 13.2. The third-order valence-corrected chi connectivity index (χ3v) is 3.01. The van der Waals surface area contributed by atoms with Crippen LogP contribution in [0.25, 0.3) is 11.0 Å². The number of rotatable bonds is 2. The van der Waals surface area contributed by atoms with Gasteiger partial charge in [0.05, 0.1) is 22.5 Å². The molecule has 3 N–H and O–H groups in total. The van der Waals surface area contributed by atoms with E-state index in [1.54, 1.807) is 24.4 Å². The van der Waals surface area contributed by atoms with Crippen molar-refractivity contribution in [1.29, 1.82) is 0 Å². The number of halogens is 1. The van der Waals surface area contributed by atoms with Crippen LogP contribution in [0.4, 0.5) is 15.8 Å². The molecule has 6 heteroatoms. The Hall–Kier alpha value is -3.02. The van der Waals surface area contributed by atoms with Crippen molar-refractivity contribution in [2.75, 3.05) is 11.1 Å². The van der Waals surface area contributed by atoms with Crippen molar-refractivity contribution in [3.05, 3.63) is 60.2 Å². The third-order valence-electron chi connectivity index (χ3n) is 3.01. The van der Waals surface area contributed by atoms with Crippen LogP contribution in [-0.2, 0) is 0 Å². The van der Waals surface area contributed by atoms with E-state index in [9.17, 15) is 9.18 Å². The van der Waals surface area contributed by atoms with E-state index < -0.39 is 11.7 Å². The van der Waals surface area contributed by atoms with Crippen molar-refractivity contribution in [3.8, 4) is 0 Å². The summed E-state index contributed by atoms with van der Waals surface area (Å²) in [7, 11) is 0. The van der Waals surface area contributed by atoms with Crippen molar-refractivity contribution in [2.45, 2.75) is 0 Å². The highest BCUT2D eigenvalue weighted by Gasteiger charge is 2.13.